The van der Waals surface area contributed by atoms with Crippen molar-refractivity contribution in [2.45, 2.75) is 6.54 Å². The molecule has 3 N–H and O–H groups in total. The average Bonchev–Trinajstić information content (AvgIpc) is 2.38. The Hall–Kier alpha value is -2.50. The second kappa shape index (κ2) is 5.02. The van der Waals surface area contributed by atoms with Gasteiger partial charge in [0.2, 0.25) is 0 Å². The van der Waals surface area contributed by atoms with Crippen molar-refractivity contribution in [1.29, 1.82) is 0 Å². The second-order valence-corrected chi connectivity index (χ2v) is 3.32. The molecule has 0 aliphatic heterocycles. The minimum atomic E-state index is -0.269. The maximum Gasteiger partial charge on any atom is 0.255 e. The average molecular weight is 229 g/mol. The predicted molar refractivity (Wildman–Crippen MR) is 61.9 cm³/mol. The smallest absolute Gasteiger partial charge is 0.255 e. The van der Waals surface area contributed by atoms with Crippen LogP contribution in [0.2, 0.25) is 0 Å². The first-order chi connectivity index (χ1) is 8.27. The van der Waals surface area contributed by atoms with Gasteiger partial charge in [0.25, 0.3) is 5.91 Å². The fourth-order valence-electron chi connectivity index (χ4n) is 1.30. The number of hydrogen-bond acceptors (Lipinski definition) is 5. The Labute approximate surface area is 97.9 Å². The summed E-state index contributed by atoms with van der Waals surface area (Å²) in [6.45, 7) is 0.329. The molecule has 0 aliphatic rings. The minimum Gasteiger partial charge on any atom is -0.383 e. The van der Waals surface area contributed by atoms with Gasteiger partial charge in [-0.15, -0.1) is 0 Å². The molecular weight excluding hydrogens is 218 g/mol. The van der Waals surface area contributed by atoms with Crippen molar-refractivity contribution in [2.24, 2.45) is 0 Å². The van der Waals surface area contributed by atoms with Crippen LogP contribution in [0.1, 0.15) is 16.1 Å². The lowest BCUT2D eigenvalue weighted by atomic mass is 10.2. The van der Waals surface area contributed by atoms with E-state index in [4.69, 9.17) is 5.73 Å². The molecule has 0 saturated carbocycles. The molecule has 86 valence electrons. The number of carbonyl (C=O) groups excluding carboxylic acids is 1. The Bertz CT molecular complexity index is 514. The zero-order valence-electron chi connectivity index (χ0n) is 9.00. The van der Waals surface area contributed by atoms with Gasteiger partial charge in [-0.05, 0) is 18.2 Å². The minimum absolute atomic E-state index is 0.215. The van der Waals surface area contributed by atoms with Gasteiger partial charge in [-0.1, -0.05) is 0 Å². The molecular formula is C11H11N5O. The lowest BCUT2D eigenvalue weighted by Gasteiger charge is -2.05. The summed E-state index contributed by atoms with van der Waals surface area (Å²) < 4.78 is 0. The van der Waals surface area contributed by atoms with Crippen LogP contribution < -0.4 is 11.1 Å². The summed E-state index contributed by atoms with van der Waals surface area (Å²) in [5.74, 6) is -0.0538. The van der Waals surface area contributed by atoms with Crippen molar-refractivity contribution in [3.8, 4) is 0 Å². The summed E-state index contributed by atoms with van der Waals surface area (Å²) in [6, 6.07) is 5.01. The number of pyridine rings is 1. The number of amides is 1. The summed E-state index contributed by atoms with van der Waals surface area (Å²) in [7, 11) is 0. The van der Waals surface area contributed by atoms with Gasteiger partial charge < -0.3 is 11.1 Å². The van der Waals surface area contributed by atoms with Crippen LogP contribution in [0.5, 0.6) is 0 Å². The Balaban J connectivity index is 2.01. The quantitative estimate of drug-likeness (QED) is 0.793. The van der Waals surface area contributed by atoms with E-state index in [9.17, 15) is 4.79 Å². The number of nitrogen functional groups attached to an aromatic ring is 1. The van der Waals surface area contributed by atoms with E-state index < -0.39 is 0 Å². The van der Waals surface area contributed by atoms with E-state index in [-0.39, 0.29) is 11.7 Å². The van der Waals surface area contributed by atoms with Crippen LogP contribution in [0.4, 0.5) is 5.82 Å². The molecule has 0 bridgehead atoms. The molecule has 0 fully saturated rings. The van der Waals surface area contributed by atoms with Crippen molar-refractivity contribution in [2.75, 3.05) is 5.73 Å². The lowest BCUT2D eigenvalue weighted by Crippen LogP contribution is -2.24. The Morgan fingerprint density at radius 2 is 2.18 bits per heavy atom. The van der Waals surface area contributed by atoms with Crippen LogP contribution in [0.15, 0.2) is 36.9 Å². The van der Waals surface area contributed by atoms with Gasteiger partial charge in [0.05, 0.1) is 17.8 Å². The molecule has 2 aromatic heterocycles. The van der Waals surface area contributed by atoms with Crippen molar-refractivity contribution < 1.29 is 4.79 Å². The van der Waals surface area contributed by atoms with Crippen LogP contribution >= 0.6 is 0 Å². The third-order valence-electron chi connectivity index (χ3n) is 2.16. The molecule has 1 amide bonds. The van der Waals surface area contributed by atoms with Crippen molar-refractivity contribution >= 4 is 11.7 Å². The zero-order valence-corrected chi connectivity index (χ0v) is 9.00. The number of nitrogens with two attached hydrogens (primary N) is 1. The van der Waals surface area contributed by atoms with Crippen molar-refractivity contribution in [1.82, 2.24) is 20.3 Å². The van der Waals surface area contributed by atoms with E-state index in [2.05, 4.69) is 20.3 Å². The van der Waals surface area contributed by atoms with Crippen molar-refractivity contribution in [3.05, 3.63) is 48.2 Å². The lowest BCUT2D eigenvalue weighted by molar-refractivity contribution is 0.0951. The summed E-state index contributed by atoms with van der Waals surface area (Å²) in [6.07, 6.45) is 4.59. The fourth-order valence-corrected chi connectivity index (χ4v) is 1.30. The first-order valence-corrected chi connectivity index (χ1v) is 5.01. The molecule has 6 heteroatoms. The zero-order chi connectivity index (χ0) is 12.1. The first kappa shape index (κ1) is 11.0. The highest BCUT2D eigenvalue weighted by molar-refractivity contribution is 5.98. The molecule has 0 radical (unpaired) electrons. The van der Waals surface area contributed by atoms with Gasteiger partial charge >= 0.3 is 0 Å². The van der Waals surface area contributed by atoms with Gasteiger partial charge in [-0.25, -0.2) is 15.0 Å². The topological polar surface area (TPSA) is 93.8 Å². The third-order valence-corrected chi connectivity index (χ3v) is 2.16. The number of aromatic nitrogens is 3. The summed E-state index contributed by atoms with van der Waals surface area (Å²) in [5, 5.41) is 2.71. The summed E-state index contributed by atoms with van der Waals surface area (Å²) in [5.41, 5.74) is 6.69. The van der Waals surface area contributed by atoms with E-state index >= 15 is 0 Å². The van der Waals surface area contributed by atoms with Gasteiger partial charge in [-0.2, -0.15) is 0 Å². The van der Waals surface area contributed by atoms with Crippen LogP contribution in [0.3, 0.4) is 0 Å². The molecule has 17 heavy (non-hydrogen) atoms. The number of nitrogens with one attached hydrogen (secondary N) is 1. The molecule has 6 nitrogen and oxygen atoms in total. The molecule has 2 rings (SSSR count). The SMILES string of the molecule is Nc1ncccc1C(=O)NCc1ccncn1. The summed E-state index contributed by atoms with van der Waals surface area (Å²) in [4.78, 5) is 23.4. The van der Waals surface area contributed by atoms with E-state index in [1.54, 1.807) is 24.4 Å². The number of nitrogens with zero attached hydrogens (tertiary/aromatic N) is 3. The van der Waals surface area contributed by atoms with Gasteiger partial charge in [0.15, 0.2) is 0 Å². The van der Waals surface area contributed by atoms with Gasteiger partial charge in [-0.3, -0.25) is 4.79 Å². The van der Waals surface area contributed by atoms with Crippen LogP contribution in [-0.2, 0) is 6.54 Å². The fraction of sp³-hybridized carbons (Fsp3) is 0.0909. The number of rotatable bonds is 3. The molecule has 0 spiro atoms. The van der Waals surface area contributed by atoms with Crippen LogP contribution in [-0.4, -0.2) is 20.9 Å². The van der Waals surface area contributed by atoms with E-state index in [0.29, 0.717) is 12.1 Å². The van der Waals surface area contributed by atoms with Crippen molar-refractivity contribution in [3.63, 3.8) is 0 Å². The predicted octanol–water partition coefficient (Wildman–Crippen LogP) is 0.384. The van der Waals surface area contributed by atoms with E-state index in [0.717, 1.165) is 5.69 Å². The molecule has 2 aromatic rings. The highest BCUT2D eigenvalue weighted by atomic mass is 16.1. The monoisotopic (exact) mass is 229 g/mol. The largest absolute Gasteiger partial charge is 0.383 e. The molecule has 0 aromatic carbocycles. The first-order valence-electron chi connectivity index (χ1n) is 5.01. The maximum atomic E-state index is 11.8. The normalized spacial score (nSPS) is 9.88. The van der Waals surface area contributed by atoms with Crippen LogP contribution in [0, 0.1) is 0 Å². The van der Waals surface area contributed by atoms with Gasteiger partial charge in [0.1, 0.15) is 12.1 Å². The van der Waals surface area contributed by atoms with E-state index in [1.165, 1.54) is 12.5 Å². The Morgan fingerprint density at radius 3 is 2.88 bits per heavy atom. The molecule has 0 aliphatic carbocycles. The highest BCUT2D eigenvalue weighted by Gasteiger charge is 2.09. The highest BCUT2D eigenvalue weighted by Crippen LogP contribution is 2.06. The third kappa shape index (κ3) is 2.75. The standard InChI is InChI=1S/C11H11N5O/c12-10-9(2-1-4-14-10)11(17)15-6-8-3-5-13-7-16-8/h1-5,7H,6H2,(H2,12,14)(H,15,17). The molecule has 0 atom stereocenters. The Morgan fingerprint density at radius 1 is 1.29 bits per heavy atom. The van der Waals surface area contributed by atoms with E-state index in [1.807, 2.05) is 0 Å². The molecule has 0 unspecified atom stereocenters. The molecule has 0 saturated heterocycles. The number of carbonyl (C=O) groups is 1. The number of hydrogen-bond donors (Lipinski definition) is 2. The second-order valence-electron chi connectivity index (χ2n) is 3.32. The Kier molecular flexibility index (Phi) is 3.25. The molecule has 2 heterocycles. The van der Waals surface area contributed by atoms with Gasteiger partial charge in [0, 0.05) is 12.4 Å². The van der Waals surface area contributed by atoms with Crippen LogP contribution in [0.25, 0.3) is 0 Å². The number of anilines is 1. The maximum absolute atomic E-state index is 11.8. The summed E-state index contributed by atoms with van der Waals surface area (Å²) >= 11 is 0.